The van der Waals surface area contributed by atoms with E-state index in [-0.39, 0.29) is 17.7 Å². The summed E-state index contributed by atoms with van der Waals surface area (Å²) >= 11 is 0. The summed E-state index contributed by atoms with van der Waals surface area (Å²) in [7, 11) is -3.51. The molecule has 3 rings (SSSR count). The van der Waals surface area contributed by atoms with Gasteiger partial charge in [0.15, 0.2) is 9.84 Å². The van der Waals surface area contributed by atoms with Crippen LogP contribution in [0.15, 0.2) is 42.5 Å². The molecule has 5 heteroatoms. The number of nitrogens with one attached hydrogen (secondary N) is 1. The SMILES string of the molecule is CC1CCCCC1NC(=O)CS(=O)(=O)Cc1cccc2ccccc12. The second-order valence-corrected chi connectivity index (χ2v) is 9.17. The number of sulfone groups is 1. The van der Waals surface area contributed by atoms with E-state index in [1.165, 1.54) is 6.42 Å². The van der Waals surface area contributed by atoms with Gasteiger partial charge in [0, 0.05) is 6.04 Å². The first kappa shape index (κ1) is 17.9. The molecule has 134 valence electrons. The average molecular weight is 359 g/mol. The van der Waals surface area contributed by atoms with Crippen molar-refractivity contribution in [3.05, 3.63) is 48.0 Å². The number of fused-ring (bicyclic) bond motifs is 1. The van der Waals surface area contributed by atoms with Crippen molar-refractivity contribution in [1.82, 2.24) is 5.32 Å². The van der Waals surface area contributed by atoms with Gasteiger partial charge in [-0.25, -0.2) is 8.42 Å². The molecule has 0 heterocycles. The number of amides is 1. The minimum absolute atomic E-state index is 0.106. The lowest BCUT2D eigenvalue weighted by molar-refractivity contribution is -0.119. The molecule has 2 aromatic carbocycles. The van der Waals surface area contributed by atoms with E-state index in [2.05, 4.69) is 12.2 Å². The van der Waals surface area contributed by atoms with Gasteiger partial charge in [0.25, 0.3) is 0 Å². The summed E-state index contributed by atoms with van der Waals surface area (Å²) < 4.78 is 25.0. The van der Waals surface area contributed by atoms with Crippen molar-refractivity contribution in [1.29, 1.82) is 0 Å². The van der Waals surface area contributed by atoms with Gasteiger partial charge in [-0.1, -0.05) is 62.2 Å². The van der Waals surface area contributed by atoms with Crippen LogP contribution in [0.25, 0.3) is 10.8 Å². The number of rotatable bonds is 5. The first-order valence-electron chi connectivity index (χ1n) is 8.91. The van der Waals surface area contributed by atoms with Gasteiger partial charge >= 0.3 is 0 Å². The van der Waals surface area contributed by atoms with Crippen LogP contribution in [0.1, 0.15) is 38.2 Å². The quantitative estimate of drug-likeness (QED) is 0.889. The third kappa shape index (κ3) is 4.60. The Morgan fingerprint density at radius 1 is 1.08 bits per heavy atom. The summed E-state index contributed by atoms with van der Waals surface area (Å²) in [4.78, 5) is 12.2. The molecule has 1 aliphatic carbocycles. The van der Waals surface area contributed by atoms with Crippen molar-refractivity contribution in [3.63, 3.8) is 0 Å². The van der Waals surface area contributed by atoms with E-state index in [0.29, 0.717) is 5.92 Å². The van der Waals surface area contributed by atoms with Crippen LogP contribution >= 0.6 is 0 Å². The van der Waals surface area contributed by atoms with Gasteiger partial charge in [-0.05, 0) is 35.1 Å². The second kappa shape index (κ2) is 7.56. The van der Waals surface area contributed by atoms with E-state index in [0.717, 1.165) is 35.6 Å². The molecule has 2 unspecified atom stereocenters. The first-order chi connectivity index (χ1) is 11.9. The lowest BCUT2D eigenvalue weighted by Crippen LogP contribution is -2.43. The maximum atomic E-state index is 12.5. The highest BCUT2D eigenvalue weighted by atomic mass is 32.2. The lowest BCUT2D eigenvalue weighted by atomic mass is 9.86. The molecule has 0 aliphatic heterocycles. The highest BCUT2D eigenvalue weighted by molar-refractivity contribution is 7.91. The molecule has 0 aromatic heterocycles. The molecule has 2 aromatic rings. The summed E-state index contributed by atoms with van der Waals surface area (Å²) in [6, 6.07) is 13.5. The molecule has 1 aliphatic rings. The molecule has 1 fully saturated rings. The van der Waals surface area contributed by atoms with E-state index < -0.39 is 15.6 Å². The average Bonchev–Trinajstić information content (AvgIpc) is 2.56. The highest BCUT2D eigenvalue weighted by Crippen LogP contribution is 2.24. The normalized spacial score (nSPS) is 21.2. The number of hydrogen-bond donors (Lipinski definition) is 1. The van der Waals surface area contributed by atoms with Crippen molar-refractivity contribution in [2.75, 3.05) is 5.75 Å². The Bertz CT molecular complexity index is 855. The van der Waals surface area contributed by atoms with Crippen molar-refractivity contribution >= 4 is 26.5 Å². The van der Waals surface area contributed by atoms with E-state index in [1.54, 1.807) is 0 Å². The number of carbonyl (C=O) groups is 1. The van der Waals surface area contributed by atoms with Crippen molar-refractivity contribution in [3.8, 4) is 0 Å². The molecule has 0 bridgehead atoms. The minimum Gasteiger partial charge on any atom is -0.352 e. The maximum Gasteiger partial charge on any atom is 0.235 e. The van der Waals surface area contributed by atoms with Crippen LogP contribution in [0.4, 0.5) is 0 Å². The number of benzene rings is 2. The summed E-state index contributed by atoms with van der Waals surface area (Å²) in [5, 5.41) is 4.87. The van der Waals surface area contributed by atoms with Crippen LogP contribution in [-0.2, 0) is 20.4 Å². The summed E-state index contributed by atoms with van der Waals surface area (Å²) in [5.41, 5.74) is 0.747. The first-order valence-corrected chi connectivity index (χ1v) is 10.7. The Balaban J connectivity index is 1.68. The molecular weight excluding hydrogens is 334 g/mol. The highest BCUT2D eigenvalue weighted by Gasteiger charge is 2.25. The van der Waals surface area contributed by atoms with Gasteiger partial charge < -0.3 is 5.32 Å². The van der Waals surface area contributed by atoms with Gasteiger partial charge in [-0.2, -0.15) is 0 Å². The van der Waals surface area contributed by atoms with E-state index in [9.17, 15) is 13.2 Å². The third-order valence-corrected chi connectivity index (χ3v) is 6.52. The van der Waals surface area contributed by atoms with Gasteiger partial charge in [-0.15, -0.1) is 0 Å². The largest absolute Gasteiger partial charge is 0.352 e. The van der Waals surface area contributed by atoms with E-state index >= 15 is 0 Å². The van der Waals surface area contributed by atoms with Crippen molar-refractivity contribution in [2.24, 2.45) is 5.92 Å². The standard InChI is InChI=1S/C20H25NO3S/c1-15-7-2-5-12-19(15)21-20(22)14-25(23,24)13-17-10-6-9-16-8-3-4-11-18(16)17/h3-4,6,8-11,15,19H,2,5,7,12-14H2,1H3,(H,21,22). The fraction of sp³-hybridized carbons (Fsp3) is 0.450. The van der Waals surface area contributed by atoms with Crippen LogP contribution in [0.3, 0.4) is 0 Å². The number of hydrogen-bond acceptors (Lipinski definition) is 3. The minimum atomic E-state index is -3.51. The molecule has 0 spiro atoms. The second-order valence-electron chi connectivity index (χ2n) is 7.11. The van der Waals surface area contributed by atoms with E-state index in [1.807, 2.05) is 42.5 Å². The Hall–Kier alpha value is -1.88. The Morgan fingerprint density at radius 3 is 2.60 bits per heavy atom. The van der Waals surface area contributed by atoms with Crippen molar-refractivity contribution < 1.29 is 13.2 Å². The Morgan fingerprint density at radius 2 is 1.80 bits per heavy atom. The fourth-order valence-electron chi connectivity index (χ4n) is 3.69. The molecular formula is C20H25NO3S. The molecule has 4 nitrogen and oxygen atoms in total. The third-order valence-electron chi connectivity index (χ3n) is 5.06. The lowest BCUT2D eigenvalue weighted by Gasteiger charge is -2.29. The molecule has 1 amide bonds. The van der Waals surface area contributed by atoms with Gasteiger partial charge in [0.1, 0.15) is 5.75 Å². The van der Waals surface area contributed by atoms with Gasteiger partial charge in [-0.3, -0.25) is 4.79 Å². The Labute approximate surface area is 149 Å². The maximum absolute atomic E-state index is 12.5. The smallest absolute Gasteiger partial charge is 0.235 e. The molecule has 1 saturated carbocycles. The summed E-state index contributed by atoms with van der Waals surface area (Å²) in [5.74, 6) is -0.515. The Kier molecular flexibility index (Phi) is 5.42. The molecule has 0 saturated heterocycles. The molecule has 0 radical (unpaired) electrons. The van der Waals surface area contributed by atoms with Gasteiger partial charge in [0.05, 0.1) is 5.75 Å². The van der Waals surface area contributed by atoms with E-state index in [4.69, 9.17) is 0 Å². The summed E-state index contributed by atoms with van der Waals surface area (Å²) in [6.07, 6.45) is 4.31. The van der Waals surface area contributed by atoms with Gasteiger partial charge in [0.2, 0.25) is 5.91 Å². The predicted octanol–water partition coefficient (Wildman–Crippen LogP) is 3.45. The zero-order chi connectivity index (χ0) is 17.9. The zero-order valence-electron chi connectivity index (χ0n) is 14.6. The predicted molar refractivity (Wildman–Crippen MR) is 101 cm³/mol. The fourth-order valence-corrected chi connectivity index (χ4v) is 5.00. The molecule has 2 atom stereocenters. The summed E-state index contributed by atoms with van der Waals surface area (Å²) in [6.45, 7) is 2.12. The van der Waals surface area contributed by atoms with Crippen LogP contribution in [0.5, 0.6) is 0 Å². The molecule has 1 N–H and O–H groups in total. The number of carbonyl (C=O) groups excluding carboxylic acids is 1. The monoisotopic (exact) mass is 359 g/mol. The van der Waals surface area contributed by atoms with Crippen molar-refractivity contribution in [2.45, 2.75) is 44.4 Å². The molecule has 25 heavy (non-hydrogen) atoms. The van der Waals surface area contributed by atoms with Crippen LogP contribution in [0.2, 0.25) is 0 Å². The van der Waals surface area contributed by atoms with Crippen LogP contribution in [-0.4, -0.2) is 26.1 Å². The topological polar surface area (TPSA) is 63.2 Å². The zero-order valence-corrected chi connectivity index (χ0v) is 15.4. The van der Waals surface area contributed by atoms with Crippen LogP contribution in [0, 0.1) is 5.92 Å². The van der Waals surface area contributed by atoms with Crippen LogP contribution < -0.4 is 5.32 Å².